The number of aromatic nitrogens is 3. The number of rotatable bonds is 7. The molecule has 0 spiro atoms. The summed E-state index contributed by atoms with van der Waals surface area (Å²) in [7, 11) is 0. The molecule has 1 atom stereocenters. The molecular weight excluding hydrogens is 318 g/mol. The zero-order valence-electron chi connectivity index (χ0n) is 14.6. The van der Waals surface area contributed by atoms with Gasteiger partial charge in [0.25, 0.3) is 0 Å². The summed E-state index contributed by atoms with van der Waals surface area (Å²) < 4.78 is 1.61. The number of pyridine rings is 1. The van der Waals surface area contributed by atoms with Gasteiger partial charge in [-0.15, -0.1) is 0 Å². The fourth-order valence-corrected chi connectivity index (χ4v) is 3.27. The number of β-amino-alcohol motifs (C(OH)–C–C–N with tert-alkyl or cyclic N) is 1. The van der Waals surface area contributed by atoms with Crippen LogP contribution in [-0.4, -0.2) is 67.4 Å². The molecule has 25 heavy (non-hydrogen) atoms. The van der Waals surface area contributed by atoms with Gasteiger partial charge in [-0.3, -0.25) is 19.4 Å². The summed E-state index contributed by atoms with van der Waals surface area (Å²) in [6.45, 7) is 5.42. The van der Waals surface area contributed by atoms with Gasteiger partial charge in [0.05, 0.1) is 12.1 Å². The summed E-state index contributed by atoms with van der Waals surface area (Å²) in [4.78, 5) is 20.4. The lowest BCUT2D eigenvalue weighted by Gasteiger charge is -2.30. The molecule has 3 heterocycles. The van der Waals surface area contributed by atoms with Crippen molar-refractivity contribution >= 4 is 5.91 Å². The van der Waals surface area contributed by atoms with Crippen molar-refractivity contribution in [2.45, 2.75) is 32.0 Å². The van der Waals surface area contributed by atoms with E-state index in [9.17, 15) is 9.90 Å². The number of aliphatic hydroxyl groups is 1. The van der Waals surface area contributed by atoms with Gasteiger partial charge in [0.2, 0.25) is 5.91 Å². The Morgan fingerprint density at radius 2 is 2.16 bits per heavy atom. The summed E-state index contributed by atoms with van der Waals surface area (Å²) in [5.74, 6) is -0.00296. The summed E-state index contributed by atoms with van der Waals surface area (Å²) in [5.41, 5.74) is 0.313. The predicted molar refractivity (Wildman–Crippen MR) is 93.6 cm³/mol. The van der Waals surface area contributed by atoms with Crippen LogP contribution in [0, 0.1) is 0 Å². The highest BCUT2D eigenvalue weighted by atomic mass is 16.3. The third-order valence-electron chi connectivity index (χ3n) is 4.66. The van der Waals surface area contributed by atoms with Crippen LogP contribution in [0.2, 0.25) is 0 Å². The van der Waals surface area contributed by atoms with Crippen molar-refractivity contribution in [3.05, 3.63) is 48.5 Å². The minimum atomic E-state index is -0.858. The molecule has 7 nitrogen and oxygen atoms in total. The Balaban J connectivity index is 1.55. The number of carbonyl (C=O) groups is 1. The molecule has 1 fully saturated rings. The zero-order valence-corrected chi connectivity index (χ0v) is 14.6. The van der Waals surface area contributed by atoms with Crippen LogP contribution in [0.15, 0.2) is 43.0 Å². The first-order valence-electron chi connectivity index (χ1n) is 8.67. The lowest BCUT2D eigenvalue weighted by Crippen LogP contribution is -2.46. The monoisotopic (exact) mass is 343 g/mol. The van der Waals surface area contributed by atoms with Gasteiger partial charge in [-0.2, -0.15) is 5.10 Å². The molecule has 1 aliphatic heterocycles. The molecule has 2 aromatic rings. The van der Waals surface area contributed by atoms with Gasteiger partial charge in [0.15, 0.2) is 0 Å². The van der Waals surface area contributed by atoms with Crippen molar-refractivity contribution in [1.82, 2.24) is 24.6 Å². The molecule has 1 aliphatic rings. The highest BCUT2D eigenvalue weighted by Crippen LogP contribution is 2.23. The van der Waals surface area contributed by atoms with Crippen LogP contribution in [0.1, 0.15) is 18.9 Å². The smallest absolute Gasteiger partial charge is 0.244 e. The Bertz CT molecular complexity index is 676. The minimum absolute atomic E-state index is 0.00296. The van der Waals surface area contributed by atoms with Crippen molar-refractivity contribution in [2.75, 3.05) is 26.2 Å². The predicted octanol–water partition coefficient (Wildman–Crippen LogP) is 0.764. The molecule has 1 amide bonds. The molecule has 3 rings (SSSR count). The van der Waals surface area contributed by atoms with Crippen molar-refractivity contribution in [3.63, 3.8) is 0 Å². The summed E-state index contributed by atoms with van der Waals surface area (Å²) in [5, 5.41) is 15.0. The number of hydrogen-bond acceptors (Lipinski definition) is 5. The second kappa shape index (κ2) is 7.76. The molecule has 0 saturated carbocycles. The topological polar surface area (TPSA) is 74.5 Å². The number of hydrogen-bond donors (Lipinski definition) is 1. The van der Waals surface area contributed by atoms with Crippen molar-refractivity contribution in [1.29, 1.82) is 0 Å². The van der Waals surface area contributed by atoms with Gasteiger partial charge in [-0.05, 0) is 36.7 Å². The van der Waals surface area contributed by atoms with Crippen LogP contribution in [0.5, 0.6) is 0 Å². The quantitative estimate of drug-likeness (QED) is 0.804. The van der Waals surface area contributed by atoms with Gasteiger partial charge >= 0.3 is 0 Å². The second-order valence-electron chi connectivity index (χ2n) is 6.65. The largest absolute Gasteiger partial charge is 0.387 e. The van der Waals surface area contributed by atoms with E-state index >= 15 is 0 Å². The Hall–Kier alpha value is -2.25. The molecule has 1 saturated heterocycles. The second-order valence-corrected chi connectivity index (χ2v) is 6.65. The first-order valence-corrected chi connectivity index (χ1v) is 8.67. The Labute approximate surface area is 147 Å². The Kier molecular flexibility index (Phi) is 5.45. The van der Waals surface area contributed by atoms with E-state index in [2.05, 4.69) is 21.9 Å². The van der Waals surface area contributed by atoms with E-state index in [0.717, 1.165) is 13.1 Å². The molecule has 7 heteroatoms. The van der Waals surface area contributed by atoms with E-state index < -0.39 is 5.60 Å². The molecular formula is C18H25N5O2. The third kappa shape index (κ3) is 4.64. The fourth-order valence-electron chi connectivity index (χ4n) is 3.27. The zero-order chi connectivity index (χ0) is 17.7. The molecule has 134 valence electrons. The highest BCUT2D eigenvalue weighted by Gasteiger charge is 2.39. The van der Waals surface area contributed by atoms with E-state index in [1.54, 1.807) is 40.4 Å². The standard InChI is InChI=1S/C18H25N5O2/c1-2-21(12-16-4-8-19-9-5-16)14-18(25)6-11-22(15-18)17(24)13-23-10-3-7-20-23/h3-5,7-10,25H,2,6,11-15H2,1H3. The minimum Gasteiger partial charge on any atom is -0.387 e. The van der Waals surface area contributed by atoms with Crippen LogP contribution >= 0.6 is 0 Å². The average Bonchev–Trinajstić information content (AvgIpc) is 3.25. The summed E-state index contributed by atoms with van der Waals surface area (Å²) in [6.07, 6.45) is 7.59. The maximum atomic E-state index is 12.4. The lowest BCUT2D eigenvalue weighted by molar-refractivity contribution is -0.132. The van der Waals surface area contributed by atoms with Gasteiger partial charge < -0.3 is 10.0 Å². The van der Waals surface area contributed by atoms with Crippen LogP contribution < -0.4 is 0 Å². The molecule has 0 aliphatic carbocycles. The van der Waals surface area contributed by atoms with Crippen LogP contribution in [0.4, 0.5) is 0 Å². The first kappa shape index (κ1) is 17.6. The number of likely N-dealkylation sites (N-methyl/N-ethyl adjacent to an activating group) is 1. The van der Waals surface area contributed by atoms with Crippen molar-refractivity contribution in [3.8, 4) is 0 Å². The number of nitrogens with zero attached hydrogens (tertiary/aromatic N) is 5. The number of carbonyl (C=O) groups excluding carboxylic acids is 1. The van der Waals surface area contributed by atoms with Crippen molar-refractivity contribution < 1.29 is 9.90 Å². The van der Waals surface area contributed by atoms with Crippen LogP contribution in [0.25, 0.3) is 0 Å². The average molecular weight is 343 g/mol. The molecule has 0 aromatic carbocycles. The number of amides is 1. The van der Waals surface area contributed by atoms with Crippen LogP contribution in [-0.2, 0) is 17.9 Å². The van der Waals surface area contributed by atoms with E-state index in [0.29, 0.717) is 26.1 Å². The molecule has 1 unspecified atom stereocenters. The molecule has 0 radical (unpaired) electrons. The molecule has 0 bridgehead atoms. The SMILES string of the molecule is CCN(Cc1ccncc1)CC1(O)CCN(C(=O)Cn2cccn2)C1. The number of likely N-dealkylation sites (tertiary alicyclic amines) is 1. The maximum absolute atomic E-state index is 12.4. The lowest BCUT2D eigenvalue weighted by atomic mass is 10.0. The van der Waals surface area contributed by atoms with Gasteiger partial charge in [0, 0.05) is 44.4 Å². The Morgan fingerprint density at radius 3 is 2.84 bits per heavy atom. The molecule has 2 aromatic heterocycles. The van der Waals surface area contributed by atoms with E-state index in [4.69, 9.17) is 0 Å². The van der Waals surface area contributed by atoms with E-state index in [1.165, 1.54) is 5.56 Å². The summed E-state index contributed by atoms with van der Waals surface area (Å²) in [6, 6.07) is 5.77. The fraction of sp³-hybridized carbons (Fsp3) is 0.500. The molecule has 1 N–H and O–H groups in total. The Morgan fingerprint density at radius 1 is 1.36 bits per heavy atom. The highest BCUT2D eigenvalue weighted by molar-refractivity contribution is 5.76. The first-order chi connectivity index (χ1) is 12.1. The third-order valence-corrected chi connectivity index (χ3v) is 4.66. The summed E-state index contributed by atoms with van der Waals surface area (Å²) >= 11 is 0. The normalized spacial score (nSPS) is 20.4. The van der Waals surface area contributed by atoms with Crippen LogP contribution in [0.3, 0.4) is 0 Å². The van der Waals surface area contributed by atoms with E-state index in [-0.39, 0.29) is 12.5 Å². The maximum Gasteiger partial charge on any atom is 0.244 e. The van der Waals surface area contributed by atoms with Gasteiger partial charge in [0.1, 0.15) is 6.54 Å². The van der Waals surface area contributed by atoms with Gasteiger partial charge in [-0.1, -0.05) is 6.92 Å². The van der Waals surface area contributed by atoms with E-state index in [1.807, 2.05) is 12.1 Å². The van der Waals surface area contributed by atoms with Gasteiger partial charge in [-0.25, -0.2) is 0 Å². The van der Waals surface area contributed by atoms with Crippen molar-refractivity contribution in [2.24, 2.45) is 0 Å².